The summed E-state index contributed by atoms with van der Waals surface area (Å²) in [7, 11) is 0. The standard InChI is InChI=1S/C14H18ClNO2/c1-14(2,3)18-13(17)16-9-5-7-10-6-4-8-11(15)12(10)16/h4,6,8H,5,7,9H2,1-3H3. The fraction of sp³-hybridized carbons (Fsp3) is 0.500. The first-order valence-corrected chi connectivity index (χ1v) is 6.54. The number of carbonyl (C=O) groups is 1. The van der Waals surface area contributed by atoms with Crippen LogP contribution in [-0.4, -0.2) is 18.2 Å². The highest BCUT2D eigenvalue weighted by Crippen LogP contribution is 2.34. The van der Waals surface area contributed by atoms with Crippen LogP contribution >= 0.6 is 11.6 Å². The molecule has 0 bridgehead atoms. The monoisotopic (exact) mass is 267 g/mol. The van der Waals surface area contributed by atoms with E-state index in [0.29, 0.717) is 11.6 Å². The SMILES string of the molecule is CC(C)(C)OC(=O)N1CCCc2cccc(Cl)c21. The smallest absolute Gasteiger partial charge is 0.414 e. The number of hydrogen-bond donors (Lipinski definition) is 0. The molecule has 0 saturated heterocycles. The van der Waals surface area contributed by atoms with Gasteiger partial charge >= 0.3 is 6.09 Å². The highest BCUT2D eigenvalue weighted by Gasteiger charge is 2.28. The van der Waals surface area contributed by atoms with Gasteiger partial charge in [0.25, 0.3) is 0 Å². The van der Waals surface area contributed by atoms with E-state index in [-0.39, 0.29) is 6.09 Å². The van der Waals surface area contributed by atoms with Crippen LogP contribution in [0.3, 0.4) is 0 Å². The van der Waals surface area contributed by atoms with E-state index in [4.69, 9.17) is 16.3 Å². The number of para-hydroxylation sites is 1. The molecule has 0 spiro atoms. The summed E-state index contributed by atoms with van der Waals surface area (Å²) in [5.74, 6) is 0. The zero-order valence-corrected chi connectivity index (χ0v) is 11.8. The third kappa shape index (κ3) is 2.78. The summed E-state index contributed by atoms with van der Waals surface area (Å²) in [4.78, 5) is 13.8. The molecule has 1 amide bonds. The van der Waals surface area contributed by atoms with Crippen molar-refractivity contribution >= 4 is 23.4 Å². The van der Waals surface area contributed by atoms with Crippen LogP contribution in [0.5, 0.6) is 0 Å². The molecule has 0 atom stereocenters. The molecule has 0 fully saturated rings. The first-order chi connectivity index (χ1) is 8.38. The topological polar surface area (TPSA) is 29.5 Å². The van der Waals surface area contributed by atoms with E-state index in [2.05, 4.69) is 0 Å². The van der Waals surface area contributed by atoms with Crippen molar-refractivity contribution < 1.29 is 9.53 Å². The van der Waals surface area contributed by atoms with Crippen molar-refractivity contribution in [3.63, 3.8) is 0 Å². The number of hydrogen-bond acceptors (Lipinski definition) is 2. The lowest BCUT2D eigenvalue weighted by molar-refractivity contribution is 0.0578. The summed E-state index contributed by atoms with van der Waals surface area (Å²) >= 11 is 6.20. The predicted octanol–water partition coefficient (Wildman–Crippen LogP) is 4.03. The molecular formula is C14H18ClNO2. The van der Waals surface area contributed by atoms with Crippen LogP contribution in [0.4, 0.5) is 10.5 Å². The maximum Gasteiger partial charge on any atom is 0.414 e. The Hall–Kier alpha value is -1.22. The van der Waals surface area contributed by atoms with E-state index in [1.807, 2.05) is 39.0 Å². The molecule has 1 aromatic rings. The maximum atomic E-state index is 12.2. The molecule has 1 aliphatic heterocycles. The Morgan fingerprint density at radius 1 is 1.39 bits per heavy atom. The second-order valence-corrected chi connectivity index (χ2v) is 5.89. The van der Waals surface area contributed by atoms with Gasteiger partial charge in [-0.2, -0.15) is 0 Å². The zero-order chi connectivity index (χ0) is 13.3. The number of benzene rings is 1. The van der Waals surface area contributed by atoms with Gasteiger partial charge in [-0.15, -0.1) is 0 Å². The molecule has 1 heterocycles. The fourth-order valence-corrected chi connectivity index (χ4v) is 2.40. The minimum atomic E-state index is -0.490. The summed E-state index contributed by atoms with van der Waals surface area (Å²) in [5, 5.41) is 0.609. The average molecular weight is 268 g/mol. The second kappa shape index (κ2) is 4.81. The number of aryl methyl sites for hydroxylation is 1. The van der Waals surface area contributed by atoms with Gasteiger partial charge in [0.05, 0.1) is 10.7 Å². The van der Waals surface area contributed by atoms with Crippen LogP contribution in [0.25, 0.3) is 0 Å². The number of anilines is 1. The highest BCUT2D eigenvalue weighted by atomic mass is 35.5. The Kier molecular flexibility index (Phi) is 3.53. The Morgan fingerprint density at radius 2 is 2.11 bits per heavy atom. The molecule has 98 valence electrons. The van der Waals surface area contributed by atoms with Crippen molar-refractivity contribution in [3.05, 3.63) is 28.8 Å². The van der Waals surface area contributed by atoms with Crippen LogP contribution in [-0.2, 0) is 11.2 Å². The van der Waals surface area contributed by atoms with Crippen molar-refractivity contribution in [1.29, 1.82) is 0 Å². The molecule has 0 aliphatic carbocycles. The molecule has 18 heavy (non-hydrogen) atoms. The number of halogens is 1. The van der Waals surface area contributed by atoms with Gasteiger partial charge < -0.3 is 4.74 Å². The molecule has 1 aliphatic rings. The molecule has 4 heteroatoms. The van der Waals surface area contributed by atoms with Crippen molar-refractivity contribution in [2.45, 2.75) is 39.2 Å². The summed E-state index contributed by atoms with van der Waals surface area (Å²) in [6, 6.07) is 5.74. The lowest BCUT2D eigenvalue weighted by Crippen LogP contribution is -2.40. The van der Waals surface area contributed by atoms with Crippen molar-refractivity contribution in [2.24, 2.45) is 0 Å². The van der Waals surface area contributed by atoms with E-state index < -0.39 is 5.60 Å². The van der Waals surface area contributed by atoms with Crippen LogP contribution in [0.2, 0.25) is 5.02 Å². The number of carbonyl (C=O) groups excluding carboxylic acids is 1. The van der Waals surface area contributed by atoms with Crippen LogP contribution in [0.15, 0.2) is 18.2 Å². The average Bonchev–Trinajstić information content (AvgIpc) is 2.26. The molecule has 0 radical (unpaired) electrons. The first kappa shape index (κ1) is 13.2. The quantitative estimate of drug-likeness (QED) is 0.710. The van der Waals surface area contributed by atoms with Gasteiger partial charge in [-0.3, -0.25) is 4.90 Å². The minimum Gasteiger partial charge on any atom is -0.443 e. The lowest BCUT2D eigenvalue weighted by Gasteiger charge is -2.32. The summed E-state index contributed by atoms with van der Waals surface area (Å²) in [6.07, 6.45) is 1.57. The summed E-state index contributed by atoms with van der Waals surface area (Å²) < 4.78 is 5.42. The zero-order valence-electron chi connectivity index (χ0n) is 11.0. The largest absolute Gasteiger partial charge is 0.443 e. The normalized spacial score (nSPS) is 15.2. The van der Waals surface area contributed by atoms with Gasteiger partial charge in [-0.1, -0.05) is 23.7 Å². The molecule has 0 saturated carbocycles. The minimum absolute atomic E-state index is 0.323. The van der Waals surface area contributed by atoms with Crippen molar-refractivity contribution in [3.8, 4) is 0 Å². The lowest BCUT2D eigenvalue weighted by atomic mass is 10.0. The third-order valence-corrected chi connectivity index (χ3v) is 3.09. The molecule has 0 unspecified atom stereocenters. The van der Waals surface area contributed by atoms with Gasteiger partial charge in [-0.25, -0.2) is 4.79 Å². The van der Waals surface area contributed by atoms with Gasteiger partial charge in [0.15, 0.2) is 0 Å². The number of rotatable bonds is 0. The Labute approximate surface area is 113 Å². The molecule has 0 aromatic heterocycles. The van der Waals surface area contributed by atoms with Gasteiger partial charge in [0.1, 0.15) is 5.60 Å². The van der Waals surface area contributed by atoms with Crippen molar-refractivity contribution in [2.75, 3.05) is 11.4 Å². The van der Waals surface area contributed by atoms with E-state index >= 15 is 0 Å². The second-order valence-electron chi connectivity index (χ2n) is 5.48. The molecule has 3 nitrogen and oxygen atoms in total. The maximum absolute atomic E-state index is 12.2. The summed E-state index contributed by atoms with van der Waals surface area (Å²) in [6.45, 7) is 6.25. The van der Waals surface area contributed by atoms with E-state index in [0.717, 1.165) is 24.1 Å². The van der Waals surface area contributed by atoms with E-state index in [9.17, 15) is 4.79 Å². The van der Waals surface area contributed by atoms with Crippen molar-refractivity contribution in [1.82, 2.24) is 0 Å². The third-order valence-electron chi connectivity index (χ3n) is 2.78. The molecule has 0 N–H and O–H groups in total. The number of fused-ring (bicyclic) bond motifs is 1. The van der Waals surface area contributed by atoms with Gasteiger partial charge in [0, 0.05) is 6.54 Å². The Balaban J connectivity index is 2.30. The molecular weight excluding hydrogens is 250 g/mol. The Bertz CT molecular complexity index is 465. The predicted molar refractivity (Wildman–Crippen MR) is 73.4 cm³/mol. The Morgan fingerprint density at radius 3 is 2.78 bits per heavy atom. The number of amides is 1. The molecule has 1 aromatic carbocycles. The molecule has 2 rings (SSSR count). The van der Waals surface area contributed by atoms with E-state index in [1.54, 1.807) is 4.90 Å². The highest BCUT2D eigenvalue weighted by molar-refractivity contribution is 6.34. The van der Waals surface area contributed by atoms with Crippen LogP contribution in [0, 0.1) is 0 Å². The van der Waals surface area contributed by atoms with Crippen LogP contribution in [0.1, 0.15) is 32.8 Å². The summed E-state index contributed by atoms with van der Waals surface area (Å²) in [5.41, 5.74) is 1.43. The van der Waals surface area contributed by atoms with Crippen LogP contribution < -0.4 is 4.90 Å². The first-order valence-electron chi connectivity index (χ1n) is 6.16. The van der Waals surface area contributed by atoms with Gasteiger partial charge in [0.2, 0.25) is 0 Å². The fourth-order valence-electron chi connectivity index (χ4n) is 2.10. The number of nitrogens with zero attached hydrogens (tertiary/aromatic N) is 1. The van der Waals surface area contributed by atoms with Gasteiger partial charge in [-0.05, 0) is 45.2 Å². The van der Waals surface area contributed by atoms with E-state index in [1.165, 1.54) is 0 Å². The number of ether oxygens (including phenoxy) is 1.